The molecule has 1 heterocycles. The molecule has 0 radical (unpaired) electrons. The van der Waals surface area contributed by atoms with Crippen molar-refractivity contribution in [3.05, 3.63) is 95.1 Å². The van der Waals surface area contributed by atoms with E-state index in [0.717, 1.165) is 10.9 Å². The number of hydrogen-bond acceptors (Lipinski definition) is 3. The van der Waals surface area contributed by atoms with Gasteiger partial charge in [-0.05, 0) is 23.8 Å². The number of anilines is 1. The molecule has 31 heavy (non-hydrogen) atoms. The Morgan fingerprint density at radius 2 is 1.74 bits per heavy atom. The molecule has 0 aliphatic heterocycles. The van der Waals surface area contributed by atoms with Gasteiger partial charge in [-0.15, -0.1) is 0 Å². The van der Waals surface area contributed by atoms with Crippen molar-refractivity contribution in [3.63, 3.8) is 0 Å². The molecule has 4 rings (SSSR count). The Labute approximate surface area is 186 Å². The van der Waals surface area contributed by atoms with Crippen molar-refractivity contribution in [2.75, 3.05) is 25.6 Å². The van der Waals surface area contributed by atoms with E-state index >= 15 is 0 Å². The van der Waals surface area contributed by atoms with Crippen molar-refractivity contribution in [1.29, 1.82) is 0 Å². The quantitative estimate of drug-likeness (QED) is 0.366. The average molecular weight is 435 g/mol. The van der Waals surface area contributed by atoms with Crippen LogP contribution in [0.5, 0.6) is 5.75 Å². The van der Waals surface area contributed by atoms with Crippen LogP contribution in [0.2, 0.25) is 5.02 Å². The van der Waals surface area contributed by atoms with Crippen molar-refractivity contribution < 1.29 is 14.3 Å². The second-order valence-corrected chi connectivity index (χ2v) is 7.49. The van der Waals surface area contributed by atoms with Crippen molar-refractivity contribution in [1.82, 2.24) is 4.57 Å². The fraction of sp³-hybridized carbons (Fsp3) is 0.160. The second-order valence-electron chi connectivity index (χ2n) is 7.09. The monoisotopic (exact) mass is 434 g/mol. The van der Waals surface area contributed by atoms with Crippen LogP contribution < -0.4 is 10.1 Å². The summed E-state index contributed by atoms with van der Waals surface area (Å²) in [4.78, 5) is 13.2. The smallest absolute Gasteiger partial charge is 0.257 e. The van der Waals surface area contributed by atoms with Gasteiger partial charge in [0.25, 0.3) is 5.91 Å². The van der Waals surface area contributed by atoms with E-state index in [1.54, 1.807) is 25.3 Å². The molecule has 0 aliphatic carbocycles. The highest BCUT2D eigenvalue weighted by atomic mass is 35.5. The Hall–Kier alpha value is -3.28. The van der Waals surface area contributed by atoms with Crippen molar-refractivity contribution in [3.8, 4) is 5.75 Å². The minimum Gasteiger partial charge on any atom is -0.487 e. The zero-order chi connectivity index (χ0) is 21.6. The molecule has 0 atom stereocenters. The minimum absolute atomic E-state index is 0.220. The van der Waals surface area contributed by atoms with Crippen LogP contribution in [0.25, 0.3) is 10.9 Å². The van der Waals surface area contributed by atoms with Crippen molar-refractivity contribution in [2.45, 2.75) is 6.54 Å². The van der Waals surface area contributed by atoms with Gasteiger partial charge in [-0.3, -0.25) is 4.79 Å². The normalized spacial score (nSPS) is 10.9. The lowest BCUT2D eigenvalue weighted by Gasteiger charge is -2.13. The van der Waals surface area contributed by atoms with Crippen LogP contribution in [0.1, 0.15) is 15.9 Å². The summed E-state index contributed by atoms with van der Waals surface area (Å²) >= 11 is 6.31. The first-order valence-electron chi connectivity index (χ1n) is 10.0. The number of para-hydroxylation sites is 2. The Balaban J connectivity index is 1.64. The molecule has 0 saturated heterocycles. The average Bonchev–Trinajstić information content (AvgIpc) is 3.15. The Morgan fingerprint density at radius 3 is 2.55 bits per heavy atom. The van der Waals surface area contributed by atoms with E-state index in [1.165, 1.54) is 5.56 Å². The van der Waals surface area contributed by atoms with E-state index < -0.39 is 0 Å². The van der Waals surface area contributed by atoms with Crippen LogP contribution in [0.4, 0.5) is 5.69 Å². The highest BCUT2D eigenvalue weighted by Crippen LogP contribution is 2.34. The fourth-order valence-electron chi connectivity index (χ4n) is 3.51. The van der Waals surface area contributed by atoms with Gasteiger partial charge in [-0.25, -0.2) is 0 Å². The number of amides is 1. The van der Waals surface area contributed by atoms with E-state index in [1.807, 2.05) is 48.7 Å². The van der Waals surface area contributed by atoms with E-state index in [9.17, 15) is 4.79 Å². The van der Waals surface area contributed by atoms with E-state index in [2.05, 4.69) is 22.0 Å². The molecule has 4 aromatic rings. The molecule has 1 aromatic heterocycles. The maximum Gasteiger partial charge on any atom is 0.257 e. The van der Waals surface area contributed by atoms with Crippen LogP contribution >= 0.6 is 11.6 Å². The zero-order valence-electron chi connectivity index (χ0n) is 17.2. The number of halogens is 1. The molecular weight excluding hydrogens is 412 g/mol. The minimum atomic E-state index is -0.220. The molecule has 0 unspecified atom stereocenters. The number of hydrogen-bond donors (Lipinski definition) is 1. The summed E-state index contributed by atoms with van der Waals surface area (Å²) in [6.45, 7) is 1.43. The lowest BCUT2D eigenvalue weighted by Crippen LogP contribution is -2.14. The van der Waals surface area contributed by atoms with Crippen LogP contribution in [0.3, 0.4) is 0 Å². The second kappa shape index (κ2) is 9.69. The highest BCUT2D eigenvalue weighted by Gasteiger charge is 2.18. The number of ether oxygens (including phenoxy) is 2. The molecule has 158 valence electrons. The summed E-state index contributed by atoms with van der Waals surface area (Å²) in [6.07, 6.45) is 1.89. The van der Waals surface area contributed by atoms with Gasteiger partial charge in [-0.2, -0.15) is 0 Å². The lowest BCUT2D eigenvalue weighted by atomic mass is 10.1. The first-order chi connectivity index (χ1) is 15.2. The summed E-state index contributed by atoms with van der Waals surface area (Å²) in [5.41, 5.74) is 3.28. The van der Waals surface area contributed by atoms with Crippen molar-refractivity contribution in [2.24, 2.45) is 0 Å². The first-order valence-corrected chi connectivity index (χ1v) is 10.4. The Bertz CT molecular complexity index is 1190. The molecule has 5 nitrogen and oxygen atoms in total. The van der Waals surface area contributed by atoms with Gasteiger partial charge in [0.1, 0.15) is 6.61 Å². The molecule has 0 bridgehead atoms. The predicted molar refractivity (Wildman–Crippen MR) is 124 cm³/mol. The van der Waals surface area contributed by atoms with Crippen molar-refractivity contribution >= 4 is 34.1 Å². The zero-order valence-corrected chi connectivity index (χ0v) is 17.9. The topological polar surface area (TPSA) is 52.5 Å². The summed E-state index contributed by atoms with van der Waals surface area (Å²) in [5, 5.41) is 4.28. The van der Waals surface area contributed by atoms with Crippen LogP contribution in [-0.2, 0) is 11.3 Å². The number of carbonyl (C=O) groups is 1. The summed E-state index contributed by atoms with van der Waals surface area (Å²) in [7, 11) is 1.60. The number of methoxy groups -OCH3 is 1. The molecule has 0 aliphatic rings. The summed E-state index contributed by atoms with van der Waals surface area (Å²) in [5.74, 6) is 0.212. The molecule has 0 spiro atoms. The third kappa shape index (κ3) is 4.74. The van der Waals surface area contributed by atoms with Gasteiger partial charge in [0.15, 0.2) is 5.75 Å². The van der Waals surface area contributed by atoms with Gasteiger partial charge in [0, 0.05) is 30.8 Å². The highest BCUT2D eigenvalue weighted by molar-refractivity contribution is 6.32. The largest absolute Gasteiger partial charge is 0.487 e. The number of aromatic nitrogens is 1. The predicted octanol–water partition coefficient (Wildman–Crippen LogP) is 5.62. The maximum atomic E-state index is 13.2. The SMILES string of the molecule is COCCOc1c(Cl)cccc1NC(=O)c1cn(Cc2ccccc2)c2ccccc12. The third-order valence-electron chi connectivity index (χ3n) is 4.98. The number of nitrogens with zero attached hydrogens (tertiary/aromatic N) is 1. The number of carbonyl (C=O) groups excluding carboxylic acids is 1. The molecule has 0 saturated carbocycles. The number of nitrogens with one attached hydrogen (secondary N) is 1. The standard InChI is InChI=1S/C25H23ClN2O3/c1-30-14-15-31-24-21(26)11-7-12-22(24)27-25(29)20-17-28(16-18-8-3-2-4-9-18)23-13-6-5-10-19(20)23/h2-13,17H,14-16H2,1H3,(H,27,29). The molecule has 1 amide bonds. The molecule has 0 fully saturated rings. The lowest BCUT2D eigenvalue weighted by molar-refractivity contribution is 0.102. The van der Waals surface area contributed by atoms with Crippen LogP contribution in [-0.4, -0.2) is 30.8 Å². The number of rotatable bonds is 8. The van der Waals surface area contributed by atoms with Gasteiger partial charge >= 0.3 is 0 Å². The maximum absolute atomic E-state index is 13.2. The van der Waals surface area contributed by atoms with Gasteiger partial charge < -0.3 is 19.4 Å². The number of fused-ring (bicyclic) bond motifs is 1. The Kier molecular flexibility index (Phi) is 6.55. The van der Waals surface area contributed by atoms with E-state index in [4.69, 9.17) is 21.1 Å². The fourth-order valence-corrected chi connectivity index (χ4v) is 3.74. The Morgan fingerprint density at radius 1 is 0.968 bits per heavy atom. The molecule has 6 heteroatoms. The first kappa shape index (κ1) is 21.0. The molecular formula is C25H23ClN2O3. The van der Waals surface area contributed by atoms with Gasteiger partial charge in [0.2, 0.25) is 0 Å². The van der Waals surface area contributed by atoms with Crippen LogP contribution in [0, 0.1) is 0 Å². The number of benzene rings is 3. The van der Waals surface area contributed by atoms with Gasteiger partial charge in [0.05, 0.1) is 22.9 Å². The van der Waals surface area contributed by atoms with Gasteiger partial charge in [-0.1, -0.05) is 66.2 Å². The summed E-state index contributed by atoms with van der Waals surface area (Å²) in [6, 6.07) is 23.3. The van der Waals surface area contributed by atoms with E-state index in [0.29, 0.717) is 41.8 Å². The summed E-state index contributed by atoms with van der Waals surface area (Å²) < 4.78 is 12.9. The third-order valence-corrected chi connectivity index (χ3v) is 5.28. The molecule has 3 aromatic carbocycles. The van der Waals surface area contributed by atoms with Crippen LogP contribution in [0.15, 0.2) is 79.0 Å². The molecule has 1 N–H and O–H groups in total. The van der Waals surface area contributed by atoms with E-state index in [-0.39, 0.29) is 5.91 Å².